The molecule has 1 rings (SSSR count). The predicted molar refractivity (Wildman–Crippen MR) is 63.7 cm³/mol. The van der Waals surface area contributed by atoms with E-state index in [1.54, 1.807) is 13.8 Å². The van der Waals surface area contributed by atoms with Crippen molar-refractivity contribution in [3.05, 3.63) is 11.4 Å². The first kappa shape index (κ1) is 14.4. The van der Waals surface area contributed by atoms with E-state index in [9.17, 15) is 9.36 Å². The van der Waals surface area contributed by atoms with E-state index in [2.05, 4.69) is 0 Å². The Labute approximate surface area is 102 Å². The number of carbonyl (C=O) groups is 1. The van der Waals surface area contributed by atoms with Crippen molar-refractivity contribution < 1.29 is 23.1 Å². The van der Waals surface area contributed by atoms with Crippen LogP contribution in [0.3, 0.4) is 0 Å². The van der Waals surface area contributed by atoms with Crippen LogP contribution < -0.4 is 0 Å². The van der Waals surface area contributed by atoms with Crippen LogP contribution in [0, 0.1) is 5.41 Å². The summed E-state index contributed by atoms with van der Waals surface area (Å²) in [7, 11) is -3.35. The lowest BCUT2D eigenvalue weighted by Crippen LogP contribution is -2.14. The zero-order valence-electron chi connectivity index (χ0n) is 10.7. The number of carbonyl (C=O) groups excluding carboxylic acids is 1. The Hall–Kier alpha value is -0.640. The van der Waals surface area contributed by atoms with E-state index >= 15 is 0 Å². The van der Waals surface area contributed by atoms with E-state index in [0.717, 1.165) is 0 Å². The van der Waals surface area contributed by atoms with Crippen LogP contribution in [0.15, 0.2) is 11.4 Å². The van der Waals surface area contributed by atoms with Gasteiger partial charge in [0.15, 0.2) is 0 Å². The van der Waals surface area contributed by atoms with Crippen LogP contribution >= 0.6 is 7.60 Å². The molecule has 6 heteroatoms. The SMILES string of the molecule is CCOP(=O)(C=C1C(=O)OCC1(C)C)OCC. The van der Waals surface area contributed by atoms with Gasteiger partial charge in [0.1, 0.15) is 6.61 Å². The van der Waals surface area contributed by atoms with Gasteiger partial charge < -0.3 is 13.8 Å². The predicted octanol–water partition coefficient (Wildman–Crippen LogP) is 2.72. The van der Waals surface area contributed by atoms with Gasteiger partial charge in [-0.05, 0) is 13.8 Å². The highest BCUT2D eigenvalue weighted by Crippen LogP contribution is 2.53. The lowest BCUT2D eigenvalue weighted by Gasteiger charge is -2.18. The quantitative estimate of drug-likeness (QED) is 0.433. The molecule has 5 nitrogen and oxygen atoms in total. The first-order chi connectivity index (χ1) is 7.84. The van der Waals surface area contributed by atoms with Crippen LogP contribution in [-0.4, -0.2) is 25.8 Å². The minimum absolute atomic E-state index is 0.260. The third-order valence-electron chi connectivity index (χ3n) is 2.42. The molecule has 0 aromatic heterocycles. The highest BCUT2D eigenvalue weighted by Gasteiger charge is 2.40. The smallest absolute Gasteiger partial charge is 0.354 e. The molecule has 1 heterocycles. The average molecular weight is 262 g/mol. The summed E-state index contributed by atoms with van der Waals surface area (Å²) in [5.74, 6) is 0.852. The number of esters is 1. The molecule has 0 N–H and O–H groups in total. The number of hydrogen-bond acceptors (Lipinski definition) is 5. The molecule has 0 aromatic carbocycles. The number of hydrogen-bond donors (Lipinski definition) is 0. The standard InChI is InChI=1S/C11H19O5P/c1-5-15-17(13,16-6-2)7-9-10(12)14-8-11(9,3)4/h7H,5-6,8H2,1-4H3. The van der Waals surface area contributed by atoms with Gasteiger partial charge in [-0.25, -0.2) is 4.79 Å². The fourth-order valence-corrected chi connectivity index (χ4v) is 3.25. The maximum atomic E-state index is 12.3. The highest BCUT2D eigenvalue weighted by atomic mass is 31.2. The second kappa shape index (κ2) is 5.34. The molecule has 17 heavy (non-hydrogen) atoms. The first-order valence-corrected chi connectivity index (χ1v) is 7.25. The molecule has 1 aliphatic rings. The highest BCUT2D eigenvalue weighted by molar-refractivity contribution is 7.57. The Bertz CT molecular complexity index is 362. The van der Waals surface area contributed by atoms with Gasteiger partial charge in [0.25, 0.3) is 0 Å². The van der Waals surface area contributed by atoms with Gasteiger partial charge in [-0.3, -0.25) is 4.57 Å². The summed E-state index contributed by atoms with van der Waals surface area (Å²) in [4.78, 5) is 11.6. The molecular formula is C11H19O5P. The van der Waals surface area contributed by atoms with Crippen molar-refractivity contribution in [2.45, 2.75) is 27.7 Å². The summed E-state index contributed by atoms with van der Waals surface area (Å²) in [5.41, 5.74) is -0.0938. The number of rotatable bonds is 5. The fourth-order valence-electron chi connectivity index (χ4n) is 1.54. The van der Waals surface area contributed by atoms with Gasteiger partial charge in [-0.1, -0.05) is 13.8 Å². The third kappa shape index (κ3) is 3.41. The lowest BCUT2D eigenvalue weighted by atomic mass is 9.88. The van der Waals surface area contributed by atoms with Gasteiger partial charge in [0.2, 0.25) is 0 Å². The molecule has 98 valence electrons. The minimum Gasteiger partial charge on any atom is -0.461 e. The largest absolute Gasteiger partial charge is 0.461 e. The van der Waals surface area contributed by atoms with Gasteiger partial charge in [-0.2, -0.15) is 0 Å². The van der Waals surface area contributed by atoms with Gasteiger partial charge in [0.05, 0.1) is 18.8 Å². The Morgan fingerprint density at radius 3 is 2.24 bits per heavy atom. The summed E-state index contributed by atoms with van der Waals surface area (Å²) in [6.07, 6.45) is 0. The zero-order chi connectivity index (χ0) is 13.1. The van der Waals surface area contributed by atoms with Gasteiger partial charge >= 0.3 is 13.6 Å². The molecule has 1 fully saturated rings. The number of cyclic esters (lactones) is 1. The molecule has 0 saturated carbocycles. The minimum atomic E-state index is -3.35. The van der Waals surface area contributed by atoms with Crippen LogP contribution in [0.25, 0.3) is 0 Å². The molecule has 0 aromatic rings. The summed E-state index contributed by atoms with van der Waals surface area (Å²) in [5, 5.41) is 0. The van der Waals surface area contributed by atoms with Crippen molar-refractivity contribution in [3.8, 4) is 0 Å². The molecule has 0 aliphatic carbocycles. The number of ether oxygens (including phenoxy) is 1. The Balaban J connectivity index is 3.05. The maximum absolute atomic E-state index is 12.3. The second-order valence-corrected chi connectivity index (χ2v) is 6.23. The van der Waals surface area contributed by atoms with E-state index < -0.39 is 19.0 Å². The molecule has 0 unspecified atom stereocenters. The Kier molecular flexibility index (Phi) is 4.53. The summed E-state index contributed by atoms with van der Waals surface area (Å²) in [6.45, 7) is 7.96. The summed E-state index contributed by atoms with van der Waals surface area (Å²) in [6, 6.07) is 0. The van der Waals surface area contributed by atoms with E-state index in [1.807, 2.05) is 13.8 Å². The molecule has 0 atom stereocenters. The maximum Gasteiger partial charge on any atom is 0.354 e. The van der Waals surface area contributed by atoms with Crippen molar-refractivity contribution in [2.24, 2.45) is 5.41 Å². The van der Waals surface area contributed by atoms with Crippen molar-refractivity contribution in [1.29, 1.82) is 0 Å². The average Bonchev–Trinajstić information content (AvgIpc) is 2.46. The van der Waals surface area contributed by atoms with E-state index in [1.165, 1.54) is 5.82 Å². The van der Waals surface area contributed by atoms with Crippen LogP contribution in [0.5, 0.6) is 0 Å². The first-order valence-electron chi connectivity index (χ1n) is 5.64. The summed E-state index contributed by atoms with van der Waals surface area (Å²) >= 11 is 0. The second-order valence-electron chi connectivity index (χ2n) is 4.38. The van der Waals surface area contributed by atoms with Crippen molar-refractivity contribution in [1.82, 2.24) is 0 Å². The molecule has 0 amide bonds. The molecule has 0 bridgehead atoms. The van der Waals surface area contributed by atoms with Crippen LogP contribution in [0.2, 0.25) is 0 Å². The van der Waals surface area contributed by atoms with E-state index in [0.29, 0.717) is 5.57 Å². The van der Waals surface area contributed by atoms with Gasteiger partial charge in [0, 0.05) is 11.2 Å². The Morgan fingerprint density at radius 1 is 1.35 bits per heavy atom. The lowest BCUT2D eigenvalue weighted by molar-refractivity contribution is -0.135. The molecule has 0 radical (unpaired) electrons. The van der Waals surface area contributed by atoms with Crippen molar-refractivity contribution >= 4 is 13.6 Å². The van der Waals surface area contributed by atoms with Crippen LogP contribution in [-0.2, 0) is 23.1 Å². The van der Waals surface area contributed by atoms with Gasteiger partial charge in [-0.15, -0.1) is 0 Å². The molecular weight excluding hydrogens is 243 g/mol. The molecule has 0 spiro atoms. The van der Waals surface area contributed by atoms with Crippen LogP contribution in [0.1, 0.15) is 27.7 Å². The zero-order valence-corrected chi connectivity index (χ0v) is 11.6. The van der Waals surface area contributed by atoms with Crippen molar-refractivity contribution in [2.75, 3.05) is 19.8 Å². The van der Waals surface area contributed by atoms with Crippen molar-refractivity contribution in [3.63, 3.8) is 0 Å². The monoisotopic (exact) mass is 262 g/mol. The Morgan fingerprint density at radius 2 is 1.88 bits per heavy atom. The van der Waals surface area contributed by atoms with Crippen LogP contribution in [0.4, 0.5) is 0 Å². The van der Waals surface area contributed by atoms with E-state index in [4.69, 9.17) is 13.8 Å². The molecule has 1 saturated heterocycles. The normalized spacial score (nSPS) is 21.9. The molecule has 1 aliphatic heterocycles. The third-order valence-corrected chi connectivity index (χ3v) is 4.23. The summed E-state index contributed by atoms with van der Waals surface area (Å²) < 4.78 is 27.5. The van der Waals surface area contributed by atoms with E-state index in [-0.39, 0.29) is 19.8 Å². The topological polar surface area (TPSA) is 61.8 Å². The fraction of sp³-hybridized carbons (Fsp3) is 0.727.